The van der Waals surface area contributed by atoms with Gasteiger partial charge in [0.05, 0.1) is 39.9 Å². The number of hydrogen-bond acceptors (Lipinski definition) is 5. The van der Waals surface area contributed by atoms with E-state index in [0.29, 0.717) is 17.4 Å². The summed E-state index contributed by atoms with van der Waals surface area (Å²) < 4.78 is 23.4. The van der Waals surface area contributed by atoms with Crippen molar-refractivity contribution in [2.24, 2.45) is 0 Å². The largest absolute Gasteiger partial charge is 0.472 e. The van der Waals surface area contributed by atoms with Gasteiger partial charge in [-0.2, -0.15) is 0 Å². The number of nitrogens with one attached hydrogen (secondary N) is 1. The van der Waals surface area contributed by atoms with Gasteiger partial charge in [0.25, 0.3) is 0 Å². The maximum absolute atomic E-state index is 12.7. The molecule has 0 aromatic rings. The van der Waals surface area contributed by atoms with Crippen LogP contribution in [-0.2, 0) is 18.4 Å². The third kappa shape index (κ3) is 31.6. The lowest BCUT2D eigenvalue weighted by Gasteiger charge is -2.25. The Labute approximate surface area is 278 Å². The van der Waals surface area contributed by atoms with Crippen molar-refractivity contribution in [2.75, 3.05) is 40.9 Å². The van der Waals surface area contributed by atoms with Crippen LogP contribution in [0.25, 0.3) is 0 Å². The van der Waals surface area contributed by atoms with E-state index in [4.69, 9.17) is 9.05 Å². The summed E-state index contributed by atoms with van der Waals surface area (Å²) in [5.41, 5.74) is 0. The molecule has 0 saturated carbocycles. The smallest absolute Gasteiger partial charge is 0.387 e. The van der Waals surface area contributed by atoms with Crippen LogP contribution < -0.4 is 5.32 Å². The van der Waals surface area contributed by atoms with E-state index in [-0.39, 0.29) is 19.1 Å². The summed E-state index contributed by atoms with van der Waals surface area (Å²) in [5, 5.41) is 13.7. The van der Waals surface area contributed by atoms with Gasteiger partial charge in [0, 0.05) is 6.42 Å². The highest BCUT2D eigenvalue weighted by atomic mass is 31.2. The summed E-state index contributed by atoms with van der Waals surface area (Å²) in [5.74, 6) is -0.180. The first-order valence-electron chi connectivity index (χ1n) is 18.6. The van der Waals surface area contributed by atoms with Crippen LogP contribution in [0, 0.1) is 0 Å². The van der Waals surface area contributed by atoms with Gasteiger partial charge in [-0.15, -0.1) is 0 Å². The molecular formula is C36H74N2O6P+. The van der Waals surface area contributed by atoms with E-state index in [1.54, 1.807) is 6.08 Å². The lowest BCUT2D eigenvalue weighted by Crippen LogP contribution is -2.45. The molecule has 8 nitrogen and oxygen atoms in total. The fourth-order valence-corrected chi connectivity index (χ4v) is 5.95. The van der Waals surface area contributed by atoms with Crippen LogP contribution in [0.3, 0.4) is 0 Å². The highest BCUT2D eigenvalue weighted by molar-refractivity contribution is 7.47. The molecule has 9 heteroatoms. The van der Waals surface area contributed by atoms with E-state index in [2.05, 4.69) is 19.2 Å². The van der Waals surface area contributed by atoms with Crippen molar-refractivity contribution >= 4 is 13.7 Å². The molecule has 3 N–H and O–H groups in total. The number of phosphoric acid groups is 1. The molecule has 0 saturated heterocycles. The minimum absolute atomic E-state index is 0.0639. The molecule has 0 fully saturated rings. The Morgan fingerprint density at radius 3 is 1.64 bits per heavy atom. The number of unbranched alkanes of at least 4 members (excludes halogenated alkanes) is 20. The zero-order valence-corrected chi connectivity index (χ0v) is 31.0. The van der Waals surface area contributed by atoms with Crippen molar-refractivity contribution < 1.29 is 32.9 Å². The standard InChI is InChI=1S/C36H73N2O6P/c1-6-8-10-12-14-16-18-20-22-24-26-28-30-36(40)37-34(33-44-45(41,42)43-32-31-38(3,4)5)35(39)29-27-25-23-21-19-17-15-13-11-9-7-2/h27,29,34-35,39H,6-26,28,30-33H2,1-5H3,(H-,37,40,41,42)/p+1/b29-27+/t34-,35+/m0/s1. The van der Waals surface area contributed by atoms with E-state index in [9.17, 15) is 19.4 Å². The zero-order valence-electron chi connectivity index (χ0n) is 30.1. The van der Waals surface area contributed by atoms with Crippen molar-refractivity contribution in [1.29, 1.82) is 0 Å². The molecule has 0 rings (SSSR count). The minimum Gasteiger partial charge on any atom is -0.387 e. The van der Waals surface area contributed by atoms with Crippen LogP contribution in [0.1, 0.15) is 162 Å². The summed E-state index contributed by atoms with van der Waals surface area (Å²) >= 11 is 0. The van der Waals surface area contributed by atoms with Gasteiger partial charge in [-0.3, -0.25) is 13.8 Å². The number of allylic oxidation sites excluding steroid dienone is 1. The summed E-state index contributed by atoms with van der Waals surface area (Å²) in [6.07, 6.45) is 29.8. The lowest BCUT2D eigenvalue weighted by molar-refractivity contribution is -0.870. The number of hydrogen-bond donors (Lipinski definition) is 3. The Kier molecular flexibility index (Phi) is 28.9. The Hall–Kier alpha value is -0.760. The number of carbonyl (C=O) groups excluding carboxylic acids is 1. The number of carbonyl (C=O) groups is 1. The number of amides is 1. The molecule has 1 amide bonds. The predicted octanol–water partition coefficient (Wildman–Crippen LogP) is 9.24. The summed E-state index contributed by atoms with van der Waals surface area (Å²) in [7, 11) is 1.57. The normalized spacial score (nSPS) is 14.9. The monoisotopic (exact) mass is 662 g/mol. The van der Waals surface area contributed by atoms with Gasteiger partial charge in [0.15, 0.2) is 0 Å². The molecule has 0 aliphatic carbocycles. The summed E-state index contributed by atoms with van der Waals surface area (Å²) in [6.45, 7) is 4.78. The number of aliphatic hydroxyl groups excluding tert-OH is 1. The number of likely N-dealkylation sites (N-methyl/N-ethyl adjacent to an activating group) is 1. The number of aliphatic hydroxyl groups is 1. The minimum atomic E-state index is -4.32. The average molecular weight is 662 g/mol. The fourth-order valence-electron chi connectivity index (χ4n) is 5.22. The van der Waals surface area contributed by atoms with Crippen LogP contribution in [0.2, 0.25) is 0 Å². The molecule has 3 atom stereocenters. The number of quaternary nitrogens is 1. The molecule has 0 radical (unpaired) electrons. The maximum atomic E-state index is 12.7. The van der Waals surface area contributed by atoms with Crippen molar-refractivity contribution in [1.82, 2.24) is 5.32 Å². The van der Waals surface area contributed by atoms with Gasteiger partial charge in [-0.1, -0.05) is 148 Å². The van der Waals surface area contributed by atoms with Crippen molar-refractivity contribution in [3.63, 3.8) is 0 Å². The molecular weight excluding hydrogens is 587 g/mol. The summed E-state index contributed by atoms with van der Waals surface area (Å²) in [6, 6.07) is -0.836. The first-order valence-corrected chi connectivity index (χ1v) is 20.1. The molecule has 0 aromatic carbocycles. The van der Waals surface area contributed by atoms with Crippen molar-refractivity contribution in [3.8, 4) is 0 Å². The van der Waals surface area contributed by atoms with Crippen LogP contribution in [0.4, 0.5) is 0 Å². The second kappa shape index (κ2) is 29.4. The van der Waals surface area contributed by atoms with Crippen LogP contribution in [0.5, 0.6) is 0 Å². The van der Waals surface area contributed by atoms with Gasteiger partial charge < -0.3 is 19.8 Å². The average Bonchev–Trinajstić information content (AvgIpc) is 2.97. The fraction of sp³-hybridized carbons (Fsp3) is 0.917. The van der Waals surface area contributed by atoms with Crippen LogP contribution in [0.15, 0.2) is 12.2 Å². The first-order chi connectivity index (χ1) is 21.5. The molecule has 45 heavy (non-hydrogen) atoms. The zero-order chi connectivity index (χ0) is 33.7. The lowest BCUT2D eigenvalue weighted by atomic mass is 10.0. The number of rotatable bonds is 33. The van der Waals surface area contributed by atoms with E-state index < -0.39 is 20.0 Å². The topological polar surface area (TPSA) is 105 Å². The Balaban J connectivity index is 4.55. The third-order valence-corrected chi connectivity index (χ3v) is 9.24. The van der Waals surface area contributed by atoms with Crippen LogP contribution >= 0.6 is 7.82 Å². The molecule has 1 unspecified atom stereocenters. The van der Waals surface area contributed by atoms with E-state index in [0.717, 1.165) is 38.5 Å². The van der Waals surface area contributed by atoms with E-state index in [1.165, 1.54) is 103 Å². The highest BCUT2D eigenvalue weighted by Crippen LogP contribution is 2.43. The second-order valence-electron chi connectivity index (χ2n) is 14.0. The van der Waals surface area contributed by atoms with E-state index in [1.807, 2.05) is 27.2 Å². The SMILES string of the molecule is CCCCCCCCCCC/C=C/[C@@H](O)[C@H](COP(=O)(O)OCC[N+](C)(C)C)NC(=O)CCCCCCCCCCCCCC. The van der Waals surface area contributed by atoms with Crippen molar-refractivity contribution in [3.05, 3.63) is 12.2 Å². The Bertz CT molecular complexity index is 758. The predicted molar refractivity (Wildman–Crippen MR) is 189 cm³/mol. The molecule has 268 valence electrons. The quantitative estimate of drug-likeness (QED) is 0.0280. The van der Waals surface area contributed by atoms with Gasteiger partial charge in [-0.25, -0.2) is 4.57 Å². The third-order valence-electron chi connectivity index (χ3n) is 8.26. The number of nitrogens with zero attached hydrogens (tertiary/aromatic N) is 1. The maximum Gasteiger partial charge on any atom is 0.472 e. The van der Waals surface area contributed by atoms with Gasteiger partial charge >= 0.3 is 7.82 Å². The Morgan fingerprint density at radius 2 is 1.18 bits per heavy atom. The van der Waals surface area contributed by atoms with Crippen molar-refractivity contribution in [2.45, 2.75) is 174 Å². The van der Waals surface area contributed by atoms with Gasteiger partial charge in [-0.05, 0) is 19.3 Å². The first kappa shape index (κ1) is 44.2. The highest BCUT2D eigenvalue weighted by Gasteiger charge is 2.27. The van der Waals surface area contributed by atoms with Gasteiger partial charge in [0.1, 0.15) is 13.2 Å². The molecule has 0 spiro atoms. The molecule has 0 heterocycles. The van der Waals surface area contributed by atoms with Crippen LogP contribution in [-0.4, -0.2) is 73.4 Å². The second-order valence-corrected chi connectivity index (χ2v) is 15.4. The summed E-state index contributed by atoms with van der Waals surface area (Å²) in [4.78, 5) is 22.9. The Morgan fingerprint density at radius 1 is 0.733 bits per heavy atom. The van der Waals surface area contributed by atoms with Gasteiger partial charge in [0.2, 0.25) is 5.91 Å². The number of phosphoric ester groups is 1. The molecule has 0 aliphatic heterocycles. The molecule has 0 bridgehead atoms. The molecule has 0 aromatic heterocycles. The van der Waals surface area contributed by atoms with E-state index >= 15 is 0 Å². The molecule has 0 aliphatic rings.